The van der Waals surface area contributed by atoms with Gasteiger partial charge < -0.3 is 11.1 Å². The minimum Gasteiger partial charge on any atom is -0.396 e. The van der Waals surface area contributed by atoms with Crippen molar-refractivity contribution in [3.8, 4) is 0 Å². The summed E-state index contributed by atoms with van der Waals surface area (Å²) >= 11 is 0. The maximum atomic E-state index is 5.80. The molecule has 3 nitrogen and oxygen atoms in total. The molecule has 84 valence electrons. The van der Waals surface area contributed by atoms with Crippen molar-refractivity contribution >= 4 is 11.4 Å². The molecule has 1 aromatic heterocycles. The van der Waals surface area contributed by atoms with Crippen LogP contribution in [0.3, 0.4) is 0 Å². The van der Waals surface area contributed by atoms with Crippen LogP contribution in [0.2, 0.25) is 0 Å². The van der Waals surface area contributed by atoms with Crippen molar-refractivity contribution in [2.75, 3.05) is 17.6 Å². The van der Waals surface area contributed by atoms with Gasteiger partial charge in [-0.05, 0) is 17.4 Å². The molecule has 0 spiro atoms. The molecule has 1 heterocycles. The van der Waals surface area contributed by atoms with Crippen molar-refractivity contribution < 1.29 is 0 Å². The zero-order chi connectivity index (χ0) is 11.5. The van der Waals surface area contributed by atoms with Gasteiger partial charge in [-0.15, -0.1) is 0 Å². The minimum atomic E-state index is 0.260. The van der Waals surface area contributed by atoms with E-state index in [0.717, 1.165) is 12.2 Å². The van der Waals surface area contributed by atoms with E-state index in [0.29, 0.717) is 11.6 Å². The molecule has 15 heavy (non-hydrogen) atoms. The first-order chi connectivity index (χ1) is 6.93. The highest BCUT2D eigenvalue weighted by atomic mass is 14.9. The minimum absolute atomic E-state index is 0.260. The molecule has 0 radical (unpaired) electrons. The number of aromatic nitrogens is 1. The van der Waals surface area contributed by atoms with Gasteiger partial charge in [0, 0.05) is 12.7 Å². The molecule has 0 fully saturated rings. The summed E-state index contributed by atoms with van der Waals surface area (Å²) in [6, 6.07) is 1.91. The second-order valence-electron chi connectivity index (χ2n) is 4.96. The molecular formula is C12H21N3. The fraction of sp³-hybridized carbons (Fsp3) is 0.583. The first-order valence-corrected chi connectivity index (χ1v) is 5.37. The number of hydrogen-bond acceptors (Lipinski definition) is 3. The first-order valence-electron chi connectivity index (χ1n) is 5.37. The zero-order valence-electron chi connectivity index (χ0n) is 10.0. The lowest BCUT2D eigenvalue weighted by molar-refractivity contribution is 0.270. The number of nitrogens with two attached hydrogens (primary N) is 1. The first kappa shape index (κ1) is 11.8. The molecule has 3 heteroatoms. The highest BCUT2D eigenvalue weighted by Gasteiger charge is 2.21. The molecule has 0 saturated heterocycles. The van der Waals surface area contributed by atoms with Crippen LogP contribution < -0.4 is 11.1 Å². The Balaban J connectivity index is 2.62. The van der Waals surface area contributed by atoms with Crippen LogP contribution in [0, 0.1) is 11.3 Å². The predicted molar refractivity (Wildman–Crippen MR) is 65.8 cm³/mol. The smallest absolute Gasteiger partial charge is 0.0736 e. The van der Waals surface area contributed by atoms with E-state index in [4.69, 9.17) is 5.73 Å². The maximum Gasteiger partial charge on any atom is 0.0736 e. The van der Waals surface area contributed by atoms with Crippen molar-refractivity contribution in [2.45, 2.75) is 27.7 Å². The molecular weight excluding hydrogens is 186 g/mol. The Morgan fingerprint density at radius 3 is 2.67 bits per heavy atom. The van der Waals surface area contributed by atoms with Gasteiger partial charge in [0.25, 0.3) is 0 Å². The Morgan fingerprint density at radius 2 is 2.13 bits per heavy atom. The van der Waals surface area contributed by atoms with Crippen LogP contribution in [0.1, 0.15) is 27.7 Å². The van der Waals surface area contributed by atoms with E-state index in [1.807, 2.05) is 6.07 Å². The predicted octanol–water partition coefficient (Wildman–Crippen LogP) is 2.76. The van der Waals surface area contributed by atoms with Crippen LogP contribution in [0.15, 0.2) is 18.5 Å². The number of anilines is 2. The number of nitrogens with one attached hydrogen (secondary N) is 1. The van der Waals surface area contributed by atoms with Crippen molar-refractivity contribution in [1.29, 1.82) is 0 Å². The summed E-state index contributed by atoms with van der Waals surface area (Å²) in [6.45, 7) is 9.89. The topological polar surface area (TPSA) is 50.9 Å². The fourth-order valence-corrected chi connectivity index (χ4v) is 1.09. The third-order valence-electron chi connectivity index (χ3n) is 3.15. The summed E-state index contributed by atoms with van der Waals surface area (Å²) in [6.07, 6.45) is 3.42. The van der Waals surface area contributed by atoms with Crippen LogP contribution in [-0.4, -0.2) is 11.5 Å². The molecule has 0 aliphatic heterocycles. The molecule has 0 aliphatic rings. The largest absolute Gasteiger partial charge is 0.396 e. The van der Waals surface area contributed by atoms with Crippen LogP contribution in [0.5, 0.6) is 0 Å². The van der Waals surface area contributed by atoms with Crippen LogP contribution in [-0.2, 0) is 0 Å². The maximum absolute atomic E-state index is 5.80. The van der Waals surface area contributed by atoms with E-state index in [2.05, 4.69) is 38.0 Å². The lowest BCUT2D eigenvalue weighted by Gasteiger charge is -2.30. The van der Waals surface area contributed by atoms with Gasteiger partial charge >= 0.3 is 0 Å². The SMILES string of the molecule is CC(C)C(C)(C)CNc1ccncc1N. The monoisotopic (exact) mass is 207 g/mol. The summed E-state index contributed by atoms with van der Waals surface area (Å²) in [5.41, 5.74) is 7.74. The van der Waals surface area contributed by atoms with Crippen molar-refractivity contribution in [2.24, 2.45) is 11.3 Å². The second-order valence-corrected chi connectivity index (χ2v) is 4.96. The average Bonchev–Trinajstić information content (AvgIpc) is 2.16. The zero-order valence-corrected chi connectivity index (χ0v) is 10.0. The van der Waals surface area contributed by atoms with E-state index in [-0.39, 0.29) is 5.41 Å². The standard InChI is InChI=1S/C12H21N3/c1-9(2)12(3,4)8-15-11-5-6-14-7-10(11)13/h5-7,9H,8,13H2,1-4H3,(H,14,15). The lowest BCUT2D eigenvalue weighted by Crippen LogP contribution is -2.28. The van der Waals surface area contributed by atoms with E-state index < -0.39 is 0 Å². The molecule has 1 aromatic rings. The van der Waals surface area contributed by atoms with Crippen LogP contribution in [0.25, 0.3) is 0 Å². The van der Waals surface area contributed by atoms with Crippen molar-refractivity contribution in [1.82, 2.24) is 4.98 Å². The molecule has 0 atom stereocenters. The Labute approximate surface area is 92.1 Å². The van der Waals surface area contributed by atoms with Gasteiger partial charge in [0.1, 0.15) is 0 Å². The number of rotatable bonds is 4. The van der Waals surface area contributed by atoms with Gasteiger partial charge in [0.05, 0.1) is 17.6 Å². The van der Waals surface area contributed by atoms with Crippen molar-refractivity contribution in [3.05, 3.63) is 18.5 Å². The summed E-state index contributed by atoms with van der Waals surface area (Å²) in [4.78, 5) is 3.96. The Kier molecular flexibility index (Phi) is 3.56. The number of nitrogens with zero attached hydrogens (tertiary/aromatic N) is 1. The quantitative estimate of drug-likeness (QED) is 0.798. The average molecular weight is 207 g/mol. The summed E-state index contributed by atoms with van der Waals surface area (Å²) in [7, 11) is 0. The third-order valence-corrected chi connectivity index (χ3v) is 3.15. The lowest BCUT2D eigenvalue weighted by atomic mass is 9.81. The molecule has 0 aliphatic carbocycles. The highest BCUT2D eigenvalue weighted by Crippen LogP contribution is 2.27. The van der Waals surface area contributed by atoms with Crippen LogP contribution in [0.4, 0.5) is 11.4 Å². The molecule has 1 rings (SSSR count). The second kappa shape index (κ2) is 4.51. The highest BCUT2D eigenvalue weighted by molar-refractivity contribution is 5.64. The molecule has 0 aromatic carbocycles. The fourth-order valence-electron chi connectivity index (χ4n) is 1.09. The van der Waals surface area contributed by atoms with Crippen LogP contribution >= 0.6 is 0 Å². The summed E-state index contributed by atoms with van der Waals surface area (Å²) < 4.78 is 0. The van der Waals surface area contributed by atoms with Crippen molar-refractivity contribution in [3.63, 3.8) is 0 Å². The van der Waals surface area contributed by atoms with Gasteiger partial charge in [0.15, 0.2) is 0 Å². The van der Waals surface area contributed by atoms with Gasteiger partial charge in [-0.25, -0.2) is 0 Å². The molecule has 0 unspecified atom stereocenters. The number of pyridine rings is 1. The van der Waals surface area contributed by atoms with E-state index in [1.165, 1.54) is 0 Å². The molecule has 0 amide bonds. The van der Waals surface area contributed by atoms with Gasteiger partial charge in [-0.1, -0.05) is 27.7 Å². The Hall–Kier alpha value is -1.25. The molecule has 3 N–H and O–H groups in total. The number of nitrogen functional groups attached to an aromatic ring is 1. The van der Waals surface area contributed by atoms with E-state index in [9.17, 15) is 0 Å². The van der Waals surface area contributed by atoms with Gasteiger partial charge in [-0.3, -0.25) is 4.98 Å². The normalized spacial score (nSPS) is 11.8. The Bertz CT molecular complexity index is 318. The third kappa shape index (κ3) is 3.11. The van der Waals surface area contributed by atoms with E-state index >= 15 is 0 Å². The Morgan fingerprint density at radius 1 is 1.47 bits per heavy atom. The van der Waals surface area contributed by atoms with E-state index in [1.54, 1.807) is 12.4 Å². The molecule has 0 bridgehead atoms. The van der Waals surface area contributed by atoms with Gasteiger partial charge in [0.2, 0.25) is 0 Å². The summed E-state index contributed by atoms with van der Waals surface area (Å²) in [5, 5.41) is 3.37. The number of hydrogen-bond donors (Lipinski definition) is 2. The molecule has 0 saturated carbocycles. The van der Waals surface area contributed by atoms with Gasteiger partial charge in [-0.2, -0.15) is 0 Å². The summed E-state index contributed by atoms with van der Waals surface area (Å²) in [5.74, 6) is 0.632.